The van der Waals surface area contributed by atoms with Crippen molar-refractivity contribution in [3.63, 3.8) is 0 Å². The average molecular weight is 435 g/mol. The first-order valence-corrected chi connectivity index (χ1v) is 12.9. The van der Waals surface area contributed by atoms with Gasteiger partial charge in [-0.15, -0.1) is 0 Å². The summed E-state index contributed by atoms with van der Waals surface area (Å²) < 4.78 is 0.990. The Bertz CT molecular complexity index is 507. The van der Waals surface area contributed by atoms with E-state index in [-0.39, 0.29) is 0 Å². The van der Waals surface area contributed by atoms with Crippen molar-refractivity contribution in [1.82, 2.24) is 0 Å². The number of hydrogen-bond donors (Lipinski definition) is 1. The van der Waals surface area contributed by atoms with E-state index < -0.39 is 5.97 Å². The van der Waals surface area contributed by atoms with Gasteiger partial charge in [0.05, 0.1) is 21.1 Å². The molecule has 3 heteroatoms. The Hall–Kier alpha value is -1.35. The number of rotatable bonds is 18. The van der Waals surface area contributed by atoms with E-state index in [1.165, 1.54) is 89.0 Å². The van der Waals surface area contributed by atoms with E-state index in [4.69, 9.17) is 5.11 Å². The van der Waals surface area contributed by atoms with Gasteiger partial charge in [0.25, 0.3) is 0 Å². The highest BCUT2D eigenvalue weighted by Gasteiger charge is 2.06. The Morgan fingerprint density at radius 2 is 1.06 bits per heavy atom. The van der Waals surface area contributed by atoms with Gasteiger partial charge >= 0.3 is 5.97 Å². The molecule has 0 aliphatic heterocycles. The summed E-state index contributed by atoms with van der Waals surface area (Å²) in [6.07, 6.45) is 20.2. The number of carboxylic acid groups (broad SMARTS) is 1. The Morgan fingerprint density at radius 3 is 1.42 bits per heavy atom. The van der Waals surface area contributed by atoms with Crippen molar-refractivity contribution >= 4 is 5.97 Å². The van der Waals surface area contributed by atoms with Gasteiger partial charge in [-0.1, -0.05) is 127 Å². The highest BCUT2D eigenvalue weighted by Crippen LogP contribution is 2.13. The Kier molecular flexibility index (Phi) is 19.7. The largest absolute Gasteiger partial charge is 0.481 e. The van der Waals surface area contributed by atoms with Gasteiger partial charge in [-0.25, -0.2) is 0 Å². The number of nitrogens with zero attached hydrogens (tertiary/aromatic N) is 1. The number of carboxylic acids is 1. The maximum atomic E-state index is 10.3. The Balaban J connectivity index is 0.000000683. The summed E-state index contributed by atoms with van der Waals surface area (Å²) >= 11 is 0. The molecule has 0 aromatic heterocycles. The average Bonchev–Trinajstić information content (AvgIpc) is 2.71. The van der Waals surface area contributed by atoms with Crippen LogP contribution in [0.2, 0.25) is 0 Å². The fraction of sp³-hybridized carbons (Fsp3) is 0.750. The number of hydrogen-bond acceptors (Lipinski definition) is 1. The molecule has 31 heavy (non-hydrogen) atoms. The smallest absolute Gasteiger partial charge is 0.303 e. The lowest BCUT2D eigenvalue weighted by molar-refractivity contribution is -0.884. The van der Waals surface area contributed by atoms with Crippen molar-refractivity contribution in [2.45, 2.75) is 116 Å². The van der Waals surface area contributed by atoms with Crippen molar-refractivity contribution < 1.29 is 14.4 Å². The van der Waals surface area contributed by atoms with Crippen LogP contribution in [-0.4, -0.2) is 36.7 Å². The number of aliphatic carboxylic acids is 1. The molecule has 0 heterocycles. The fourth-order valence-corrected chi connectivity index (χ4v) is 3.78. The first-order valence-electron chi connectivity index (χ1n) is 12.9. The number of carbonyl (C=O) groups is 1. The maximum Gasteiger partial charge on any atom is 0.303 e. The molecule has 0 amide bonds. The van der Waals surface area contributed by atoms with Crippen molar-refractivity contribution in [2.75, 3.05) is 21.1 Å². The molecule has 0 fully saturated rings. The van der Waals surface area contributed by atoms with Crippen LogP contribution in [-0.2, 0) is 11.3 Å². The molecule has 0 spiro atoms. The highest BCUT2D eigenvalue weighted by molar-refractivity contribution is 5.66. The molecular formula is C28H52NO2+. The van der Waals surface area contributed by atoms with Crippen LogP contribution in [0.4, 0.5) is 0 Å². The second kappa shape index (κ2) is 20.5. The lowest BCUT2D eigenvalue weighted by Gasteiger charge is -2.23. The van der Waals surface area contributed by atoms with E-state index in [9.17, 15) is 4.79 Å². The van der Waals surface area contributed by atoms with Gasteiger partial charge in [0.1, 0.15) is 6.54 Å². The number of quaternary nitrogens is 1. The van der Waals surface area contributed by atoms with E-state index >= 15 is 0 Å². The molecule has 0 aliphatic rings. The zero-order valence-corrected chi connectivity index (χ0v) is 21.2. The van der Waals surface area contributed by atoms with Crippen LogP contribution in [0.25, 0.3) is 0 Å². The zero-order valence-electron chi connectivity index (χ0n) is 21.2. The van der Waals surface area contributed by atoms with Crippen LogP contribution in [0.5, 0.6) is 0 Å². The summed E-state index contributed by atoms with van der Waals surface area (Å²) in [7, 11) is 6.60. The monoisotopic (exact) mass is 434 g/mol. The van der Waals surface area contributed by atoms with E-state index in [2.05, 4.69) is 58.4 Å². The summed E-state index contributed by atoms with van der Waals surface area (Å²) in [5, 5.41) is 8.52. The quantitative estimate of drug-likeness (QED) is 0.187. The van der Waals surface area contributed by atoms with E-state index in [0.717, 1.165) is 23.9 Å². The SMILES string of the molecule is CCCCCCCCCCCCCCCCCC(=O)O.C[N+](C)(C)Cc1ccccc1. The summed E-state index contributed by atoms with van der Waals surface area (Å²) in [6.45, 7) is 3.37. The summed E-state index contributed by atoms with van der Waals surface area (Å²) in [6, 6.07) is 10.6. The minimum atomic E-state index is -0.653. The van der Waals surface area contributed by atoms with Crippen LogP contribution < -0.4 is 0 Å². The minimum absolute atomic E-state index is 0.345. The minimum Gasteiger partial charge on any atom is -0.481 e. The molecule has 0 atom stereocenters. The highest BCUT2D eigenvalue weighted by atomic mass is 16.4. The van der Waals surface area contributed by atoms with Gasteiger partial charge in [0.2, 0.25) is 0 Å². The van der Waals surface area contributed by atoms with Gasteiger partial charge in [0.15, 0.2) is 0 Å². The van der Waals surface area contributed by atoms with Gasteiger partial charge < -0.3 is 9.59 Å². The molecule has 1 N–H and O–H groups in total. The third-order valence-electron chi connectivity index (χ3n) is 5.49. The van der Waals surface area contributed by atoms with Gasteiger partial charge in [-0.2, -0.15) is 0 Å². The lowest BCUT2D eigenvalue weighted by atomic mass is 10.0. The zero-order chi connectivity index (χ0) is 23.2. The van der Waals surface area contributed by atoms with Crippen LogP contribution in [0.3, 0.4) is 0 Å². The molecule has 3 nitrogen and oxygen atoms in total. The fourth-order valence-electron chi connectivity index (χ4n) is 3.78. The molecule has 1 rings (SSSR count). The molecule has 0 radical (unpaired) electrons. The van der Waals surface area contributed by atoms with E-state index in [1.807, 2.05) is 0 Å². The third kappa shape index (κ3) is 24.8. The van der Waals surface area contributed by atoms with Crippen LogP contribution >= 0.6 is 0 Å². The standard InChI is InChI=1S/C18H36O2.C10H16N/c1-2-3-4-5-6-7-8-9-10-11-12-13-14-15-16-17-18(19)20;1-11(2,3)9-10-7-5-4-6-8-10/h2-17H2,1H3,(H,19,20);4-8H,9H2,1-3H3/q;+1. The second-order valence-corrected chi connectivity index (χ2v) is 10.0. The van der Waals surface area contributed by atoms with E-state index in [0.29, 0.717) is 6.42 Å². The maximum absolute atomic E-state index is 10.3. The predicted octanol–water partition coefficient (Wildman–Crippen LogP) is 8.23. The summed E-state index contributed by atoms with van der Waals surface area (Å²) in [5.74, 6) is -0.653. The molecule has 0 saturated carbocycles. The second-order valence-electron chi connectivity index (χ2n) is 10.0. The van der Waals surface area contributed by atoms with Gasteiger partial charge in [-0.05, 0) is 6.42 Å². The Morgan fingerprint density at radius 1 is 0.677 bits per heavy atom. The molecule has 0 saturated heterocycles. The molecule has 0 aliphatic carbocycles. The van der Waals surface area contributed by atoms with Gasteiger partial charge in [-0.3, -0.25) is 4.79 Å². The first kappa shape index (κ1) is 29.7. The molecular weight excluding hydrogens is 382 g/mol. The van der Waals surface area contributed by atoms with Crippen LogP contribution in [0.1, 0.15) is 115 Å². The first-order chi connectivity index (χ1) is 14.8. The van der Waals surface area contributed by atoms with Crippen LogP contribution in [0, 0.1) is 0 Å². The van der Waals surface area contributed by atoms with Crippen molar-refractivity contribution in [3.05, 3.63) is 35.9 Å². The molecule has 1 aromatic rings. The van der Waals surface area contributed by atoms with Crippen molar-refractivity contribution in [1.29, 1.82) is 0 Å². The van der Waals surface area contributed by atoms with E-state index in [1.54, 1.807) is 0 Å². The molecule has 1 aromatic carbocycles. The summed E-state index contributed by atoms with van der Waals surface area (Å²) in [5.41, 5.74) is 1.40. The van der Waals surface area contributed by atoms with Crippen molar-refractivity contribution in [3.8, 4) is 0 Å². The predicted molar refractivity (Wildman–Crippen MR) is 135 cm³/mol. The molecule has 180 valence electrons. The Labute approximate surface area is 193 Å². The van der Waals surface area contributed by atoms with Gasteiger partial charge in [0, 0.05) is 12.0 Å². The van der Waals surface area contributed by atoms with Crippen LogP contribution in [0.15, 0.2) is 30.3 Å². The molecule has 0 bridgehead atoms. The lowest BCUT2D eigenvalue weighted by Crippen LogP contribution is -2.33. The number of unbranched alkanes of at least 4 members (excludes halogenated alkanes) is 14. The molecule has 0 unspecified atom stereocenters. The van der Waals surface area contributed by atoms with Crippen molar-refractivity contribution in [2.24, 2.45) is 0 Å². The number of benzene rings is 1. The third-order valence-corrected chi connectivity index (χ3v) is 5.49. The topological polar surface area (TPSA) is 37.3 Å². The summed E-state index contributed by atoms with van der Waals surface area (Å²) in [4.78, 5) is 10.3. The normalized spacial score (nSPS) is 11.1.